The molecule has 0 aromatic rings. The van der Waals surface area contributed by atoms with Gasteiger partial charge in [-0.25, -0.2) is 4.79 Å². The topological polar surface area (TPSA) is 38.3 Å². The molecule has 1 N–H and O–H groups in total. The standard InChI is InChI=1S/C8H17NO2.C2H6/c1-5-6-9-7(10)11-8(2,3)4;1-2/h5-6H2,1-4H3,(H,9,10);1-2H3. The van der Waals surface area contributed by atoms with Gasteiger partial charge in [0.25, 0.3) is 0 Å². The fourth-order valence-electron chi connectivity index (χ4n) is 0.541. The predicted molar refractivity (Wildman–Crippen MR) is 55.9 cm³/mol. The maximum atomic E-state index is 10.9. The highest BCUT2D eigenvalue weighted by molar-refractivity contribution is 5.67. The number of rotatable bonds is 2. The molecule has 3 heteroatoms. The Hall–Kier alpha value is -0.730. The summed E-state index contributed by atoms with van der Waals surface area (Å²) in [6.45, 7) is 12.2. The van der Waals surface area contributed by atoms with Gasteiger partial charge in [-0.15, -0.1) is 0 Å². The van der Waals surface area contributed by atoms with E-state index in [2.05, 4.69) is 5.32 Å². The van der Waals surface area contributed by atoms with Gasteiger partial charge in [0, 0.05) is 6.54 Å². The SMILES string of the molecule is CC.CCCNC(=O)OC(C)(C)C. The summed E-state index contributed by atoms with van der Waals surface area (Å²) in [5.41, 5.74) is -0.391. The predicted octanol–water partition coefficient (Wildman–Crippen LogP) is 2.95. The third-order valence-electron chi connectivity index (χ3n) is 0.918. The van der Waals surface area contributed by atoms with Crippen LogP contribution in [-0.2, 0) is 4.74 Å². The first kappa shape index (κ1) is 14.8. The highest BCUT2D eigenvalue weighted by Gasteiger charge is 2.14. The van der Waals surface area contributed by atoms with Crippen molar-refractivity contribution in [2.24, 2.45) is 0 Å². The van der Waals surface area contributed by atoms with Crippen LogP contribution in [0.5, 0.6) is 0 Å². The lowest BCUT2D eigenvalue weighted by Crippen LogP contribution is -2.32. The van der Waals surface area contributed by atoms with Gasteiger partial charge < -0.3 is 10.1 Å². The molecule has 0 radical (unpaired) electrons. The molecule has 3 nitrogen and oxygen atoms in total. The zero-order valence-electron chi connectivity index (χ0n) is 9.73. The van der Waals surface area contributed by atoms with E-state index in [1.165, 1.54) is 0 Å². The number of hydrogen-bond donors (Lipinski definition) is 1. The zero-order chi connectivity index (χ0) is 10.9. The number of ether oxygens (including phenoxy) is 1. The summed E-state index contributed by atoms with van der Waals surface area (Å²) in [4.78, 5) is 10.9. The van der Waals surface area contributed by atoms with E-state index in [0.717, 1.165) is 6.42 Å². The summed E-state index contributed by atoms with van der Waals surface area (Å²) in [6.07, 6.45) is 0.596. The summed E-state index contributed by atoms with van der Waals surface area (Å²) in [5.74, 6) is 0. The number of alkyl carbamates (subject to hydrolysis) is 1. The van der Waals surface area contributed by atoms with Gasteiger partial charge in [-0.3, -0.25) is 0 Å². The van der Waals surface area contributed by atoms with Crippen LogP contribution >= 0.6 is 0 Å². The lowest BCUT2D eigenvalue weighted by atomic mass is 10.2. The quantitative estimate of drug-likeness (QED) is 0.725. The molecule has 0 saturated carbocycles. The molecule has 0 bridgehead atoms. The van der Waals surface area contributed by atoms with E-state index in [1.54, 1.807) is 0 Å². The fraction of sp³-hybridized carbons (Fsp3) is 0.900. The Morgan fingerprint density at radius 2 is 1.77 bits per heavy atom. The first-order valence-corrected chi connectivity index (χ1v) is 4.92. The third kappa shape index (κ3) is 14.2. The minimum atomic E-state index is -0.391. The summed E-state index contributed by atoms with van der Waals surface area (Å²) in [5, 5.41) is 2.63. The Morgan fingerprint density at radius 1 is 1.31 bits per heavy atom. The Bertz CT molecular complexity index is 127. The molecule has 0 heterocycles. The van der Waals surface area contributed by atoms with Crippen molar-refractivity contribution in [1.29, 1.82) is 0 Å². The summed E-state index contributed by atoms with van der Waals surface area (Å²) in [7, 11) is 0. The second kappa shape index (κ2) is 7.90. The molecular weight excluding hydrogens is 166 g/mol. The monoisotopic (exact) mass is 189 g/mol. The van der Waals surface area contributed by atoms with E-state index in [4.69, 9.17) is 4.74 Å². The molecule has 0 unspecified atom stereocenters. The number of carbonyl (C=O) groups is 1. The van der Waals surface area contributed by atoms with Crippen molar-refractivity contribution in [3.63, 3.8) is 0 Å². The van der Waals surface area contributed by atoms with Crippen LogP contribution in [-0.4, -0.2) is 18.2 Å². The molecular formula is C10H23NO2. The van der Waals surface area contributed by atoms with E-state index in [9.17, 15) is 4.79 Å². The van der Waals surface area contributed by atoms with Crippen LogP contribution in [0.15, 0.2) is 0 Å². The Morgan fingerprint density at radius 3 is 2.08 bits per heavy atom. The van der Waals surface area contributed by atoms with Crippen LogP contribution in [0.4, 0.5) is 4.79 Å². The molecule has 0 fully saturated rings. The average Bonchev–Trinajstić information content (AvgIpc) is 2.01. The lowest BCUT2D eigenvalue weighted by molar-refractivity contribution is 0.0528. The molecule has 0 atom stereocenters. The van der Waals surface area contributed by atoms with E-state index in [-0.39, 0.29) is 6.09 Å². The minimum Gasteiger partial charge on any atom is -0.444 e. The lowest BCUT2D eigenvalue weighted by Gasteiger charge is -2.19. The summed E-state index contributed by atoms with van der Waals surface area (Å²) < 4.78 is 4.99. The second-order valence-electron chi connectivity index (χ2n) is 3.43. The molecule has 0 aromatic carbocycles. The molecule has 80 valence electrons. The molecule has 0 spiro atoms. The van der Waals surface area contributed by atoms with Crippen molar-refractivity contribution in [3.05, 3.63) is 0 Å². The zero-order valence-corrected chi connectivity index (χ0v) is 9.73. The molecule has 0 rings (SSSR count). The fourth-order valence-corrected chi connectivity index (χ4v) is 0.541. The van der Waals surface area contributed by atoms with Gasteiger partial charge in [0.2, 0.25) is 0 Å². The highest BCUT2D eigenvalue weighted by atomic mass is 16.6. The van der Waals surface area contributed by atoms with Gasteiger partial charge in [-0.1, -0.05) is 20.8 Å². The smallest absolute Gasteiger partial charge is 0.407 e. The molecule has 13 heavy (non-hydrogen) atoms. The number of nitrogens with one attached hydrogen (secondary N) is 1. The highest BCUT2D eigenvalue weighted by Crippen LogP contribution is 2.05. The van der Waals surface area contributed by atoms with E-state index >= 15 is 0 Å². The largest absolute Gasteiger partial charge is 0.444 e. The van der Waals surface area contributed by atoms with Crippen molar-refractivity contribution in [1.82, 2.24) is 5.32 Å². The molecule has 1 amide bonds. The van der Waals surface area contributed by atoms with Gasteiger partial charge in [0.1, 0.15) is 5.60 Å². The minimum absolute atomic E-state index is 0.334. The number of carbonyl (C=O) groups excluding carboxylic acids is 1. The first-order chi connectivity index (χ1) is 5.95. The average molecular weight is 189 g/mol. The normalized spacial score (nSPS) is 9.69. The second-order valence-corrected chi connectivity index (χ2v) is 3.43. The van der Waals surface area contributed by atoms with Gasteiger partial charge >= 0.3 is 6.09 Å². The molecule has 0 saturated heterocycles. The van der Waals surface area contributed by atoms with Crippen molar-refractivity contribution >= 4 is 6.09 Å². The van der Waals surface area contributed by atoms with Crippen molar-refractivity contribution < 1.29 is 9.53 Å². The summed E-state index contributed by atoms with van der Waals surface area (Å²) in [6, 6.07) is 0. The van der Waals surface area contributed by atoms with Crippen molar-refractivity contribution in [3.8, 4) is 0 Å². The Balaban J connectivity index is 0. The Kier molecular flexibility index (Phi) is 8.97. The van der Waals surface area contributed by atoms with Crippen LogP contribution in [0.2, 0.25) is 0 Å². The van der Waals surface area contributed by atoms with Crippen LogP contribution in [0.1, 0.15) is 48.0 Å². The van der Waals surface area contributed by atoms with Crippen molar-refractivity contribution in [2.45, 2.75) is 53.6 Å². The van der Waals surface area contributed by atoms with Crippen LogP contribution in [0, 0.1) is 0 Å². The van der Waals surface area contributed by atoms with Crippen LogP contribution in [0.25, 0.3) is 0 Å². The molecule has 0 aromatic heterocycles. The van der Waals surface area contributed by atoms with E-state index in [0.29, 0.717) is 6.54 Å². The van der Waals surface area contributed by atoms with Gasteiger partial charge in [-0.05, 0) is 27.2 Å². The number of hydrogen-bond acceptors (Lipinski definition) is 2. The molecule has 0 aliphatic carbocycles. The third-order valence-corrected chi connectivity index (χ3v) is 0.918. The van der Waals surface area contributed by atoms with Crippen LogP contribution < -0.4 is 5.32 Å². The van der Waals surface area contributed by atoms with Gasteiger partial charge in [0.15, 0.2) is 0 Å². The maximum absolute atomic E-state index is 10.9. The van der Waals surface area contributed by atoms with Gasteiger partial charge in [-0.2, -0.15) is 0 Å². The van der Waals surface area contributed by atoms with E-state index < -0.39 is 5.60 Å². The molecule has 0 aliphatic heterocycles. The first-order valence-electron chi connectivity index (χ1n) is 4.92. The number of amides is 1. The van der Waals surface area contributed by atoms with Gasteiger partial charge in [0.05, 0.1) is 0 Å². The Labute approximate surface area is 81.9 Å². The summed E-state index contributed by atoms with van der Waals surface area (Å²) >= 11 is 0. The maximum Gasteiger partial charge on any atom is 0.407 e. The van der Waals surface area contributed by atoms with Crippen molar-refractivity contribution in [2.75, 3.05) is 6.54 Å². The van der Waals surface area contributed by atoms with E-state index in [1.807, 2.05) is 41.5 Å². The van der Waals surface area contributed by atoms with Crippen LogP contribution in [0.3, 0.4) is 0 Å². The molecule has 0 aliphatic rings.